The Hall–Kier alpha value is -1.52. The Labute approximate surface area is 122 Å². The molecule has 4 nitrogen and oxygen atoms in total. The van der Waals surface area contributed by atoms with Crippen molar-refractivity contribution in [2.45, 2.75) is 18.9 Å². The number of benzene rings is 1. The molecule has 1 atom stereocenters. The van der Waals surface area contributed by atoms with Crippen LogP contribution in [0, 0.1) is 0 Å². The monoisotopic (exact) mass is 292 g/mol. The third kappa shape index (κ3) is 2.53. The Morgan fingerprint density at radius 2 is 2.35 bits per heavy atom. The number of aryl methyl sites for hydroxylation is 1. The van der Waals surface area contributed by atoms with E-state index in [4.69, 9.17) is 16.3 Å². The van der Waals surface area contributed by atoms with Crippen LogP contribution >= 0.6 is 11.6 Å². The smallest absolute Gasteiger partial charge is 0.268 e. The molecule has 2 heterocycles. The fraction of sp³-hybridized carbons (Fsp3) is 0.400. The molecule has 3 rings (SSSR count). The molecule has 1 aliphatic rings. The van der Waals surface area contributed by atoms with E-state index in [1.807, 2.05) is 35.9 Å². The number of carbonyl (C=O) groups excluding carboxylic acids is 1. The fourth-order valence-electron chi connectivity index (χ4n) is 2.64. The van der Waals surface area contributed by atoms with Gasteiger partial charge in [0.2, 0.25) is 0 Å². The first-order valence-electron chi connectivity index (χ1n) is 6.80. The lowest BCUT2D eigenvalue weighted by Crippen LogP contribution is -2.32. The number of rotatable bonds is 3. The van der Waals surface area contributed by atoms with E-state index in [9.17, 15) is 4.79 Å². The number of fused-ring (bicyclic) bond motifs is 1. The number of nitrogens with zero attached hydrogens (tertiary/aromatic N) is 1. The van der Waals surface area contributed by atoms with E-state index in [2.05, 4.69) is 5.32 Å². The number of hydrogen-bond donors (Lipinski definition) is 1. The lowest BCUT2D eigenvalue weighted by molar-refractivity contribution is 0.0851. The van der Waals surface area contributed by atoms with E-state index in [1.165, 1.54) is 0 Å². The summed E-state index contributed by atoms with van der Waals surface area (Å²) in [5.41, 5.74) is 1.64. The highest BCUT2D eigenvalue weighted by Crippen LogP contribution is 2.22. The van der Waals surface area contributed by atoms with Gasteiger partial charge in [-0.3, -0.25) is 4.79 Å². The summed E-state index contributed by atoms with van der Waals surface area (Å²) in [5, 5.41) is 4.59. The van der Waals surface area contributed by atoms with Crippen LogP contribution in [0.1, 0.15) is 23.3 Å². The van der Waals surface area contributed by atoms with Gasteiger partial charge in [-0.15, -0.1) is 0 Å². The van der Waals surface area contributed by atoms with Crippen molar-refractivity contribution in [3.05, 3.63) is 35.0 Å². The van der Waals surface area contributed by atoms with Crippen molar-refractivity contribution in [1.82, 2.24) is 9.88 Å². The molecule has 1 aromatic carbocycles. The van der Waals surface area contributed by atoms with Gasteiger partial charge in [-0.05, 0) is 37.1 Å². The molecule has 0 saturated carbocycles. The third-order valence-corrected chi connectivity index (χ3v) is 3.99. The number of hydrogen-bond acceptors (Lipinski definition) is 2. The molecule has 1 aliphatic heterocycles. The fourth-order valence-corrected chi connectivity index (χ4v) is 2.82. The zero-order valence-corrected chi connectivity index (χ0v) is 12.1. The van der Waals surface area contributed by atoms with Crippen LogP contribution in [-0.2, 0) is 11.8 Å². The third-order valence-electron chi connectivity index (χ3n) is 3.75. The number of carbonyl (C=O) groups is 1. The second-order valence-electron chi connectivity index (χ2n) is 5.14. The molecule has 0 radical (unpaired) electrons. The Bertz CT molecular complexity index is 645. The molecular weight excluding hydrogens is 276 g/mol. The highest BCUT2D eigenvalue weighted by Gasteiger charge is 2.18. The second kappa shape index (κ2) is 5.46. The Morgan fingerprint density at radius 3 is 3.10 bits per heavy atom. The van der Waals surface area contributed by atoms with Crippen molar-refractivity contribution in [1.29, 1.82) is 0 Å². The summed E-state index contributed by atoms with van der Waals surface area (Å²) >= 11 is 5.98. The van der Waals surface area contributed by atoms with Crippen LogP contribution in [0.15, 0.2) is 24.3 Å². The van der Waals surface area contributed by atoms with Gasteiger partial charge in [-0.2, -0.15) is 0 Å². The van der Waals surface area contributed by atoms with Gasteiger partial charge in [-0.1, -0.05) is 11.6 Å². The first-order chi connectivity index (χ1) is 9.65. The zero-order chi connectivity index (χ0) is 14.1. The summed E-state index contributed by atoms with van der Waals surface area (Å²) in [5.74, 6) is -0.0738. The number of amides is 1. The molecule has 0 spiro atoms. The van der Waals surface area contributed by atoms with Crippen molar-refractivity contribution in [3.63, 3.8) is 0 Å². The first kappa shape index (κ1) is 13.5. The Balaban J connectivity index is 1.78. The zero-order valence-electron chi connectivity index (χ0n) is 11.4. The van der Waals surface area contributed by atoms with Crippen LogP contribution in [0.4, 0.5) is 0 Å². The molecule has 0 unspecified atom stereocenters. The summed E-state index contributed by atoms with van der Waals surface area (Å²) in [6.45, 7) is 1.37. The van der Waals surface area contributed by atoms with Crippen LogP contribution in [0.25, 0.3) is 10.9 Å². The number of nitrogens with one attached hydrogen (secondary N) is 1. The van der Waals surface area contributed by atoms with Crippen LogP contribution in [-0.4, -0.2) is 29.7 Å². The van der Waals surface area contributed by atoms with Gasteiger partial charge in [0.05, 0.1) is 6.10 Å². The quantitative estimate of drug-likeness (QED) is 0.945. The van der Waals surface area contributed by atoms with Crippen LogP contribution in [0.3, 0.4) is 0 Å². The van der Waals surface area contributed by atoms with Gasteiger partial charge >= 0.3 is 0 Å². The predicted octanol–water partition coefficient (Wildman–Crippen LogP) is 2.74. The molecule has 1 saturated heterocycles. The minimum atomic E-state index is -0.0738. The van der Waals surface area contributed by atoms with Crippen molar-refractivity contribution in [2.24, 2.45) is 7.05 Å². The van der Waals surface area contributed by atoms with Crippen LogP contribution < -0.4 is 5.32 Å². The van der Waals surface area contributed by atoms with Crippen molar-refractivity contribution >= 4 is 28.4 Å². The normalized spacial score (nSPS) is 18.6. The van der Waals surface area contributed by atoms with Crippen LogP contribution in [0.5, 0.6) is 0 Å². The number of ether oxygens (including phenoxy) is 1. The molecular formula is C15H17ClN2O2. The maximum absolute atomic E-state index is 12.3. The van der Waals surface area contributed by atoms with Gasteiger partial charge < -0.3 is 14.6 Å². The average molecular weight is 293 g/mol. The SMILES string of the molecule is Cn1c(C(=O)NC[C@@H]2CCCO2)cc2cc(Cl)ccc21. The van der Waals surface area contributed by atoms with Gasteiger partial charge in [0, 0.05) is 36.1 Å². The average Bonchev–Trinajstić information content (AvgIpc) is 3.04. The largest absolute Gasteiger partial charge is 0.376 e. The molecule has 1 N–H and O–H groups in total. The van der Waals surface area contributed by atoms with E-state index in [-0.39, 0.29) is 12.0 Å². The molecule has 1 fully saturated rings. The molecule has 0 aliphatic carbocycles. The van der Waals surface area contributed by atoms with E-state index >= 15 is 0 Å². The minimum Gasteiger partial charge on any atom is -0.376 e. The molecule has 106 valence electrons. The standard InChI is InChI=1S/C15H17ClN2O2/c1-18-13-5-4-11(16)7-10(13)8-14(18)15(19)17-9-12-3-2-6-20-12/h4-5,7-8,12H,2-3,6,9H2,1H3,(H,17,19)/t12-/m0/s1. The maximum Gasteiger partial charge on any atom is 0.268 e. The highest BCUT2D eigenvalue weighted by atomic mass is 35.5. The number of halogens is 1. The van der Waals surface area contributed by atoms with E-state index in [1.54, 1.807) is 0 Å². The van der Waals surface area contributed by atoms with E-state index < -0.39 is 0 Å². The summed E-state index contributed by atoms with van der Waals surface area (Å²) in [7, 11) is 1.89. The van der Waals surface area contributed by atoms with E-state index in [0.717, 1.165) is 30.4 Å². The van der Waals surface area contributed by atoms with Gasteiger partial charge in [0.25, 0.3) is 5.91 Å². The lowest BCUT2D eigenvalue weighted by Gasteiger charge is -2.11. The molecule has 20 heavy (non-hydrogen) atoms. The summed E-state index contributed by atoms with van der Waals surface area (Å²) in [4.78, 5) is 12.3. The molecule has 1 amide bonds. The molecule has 0 bridgehead atoms. The highest BCUT2D eigenvalue weighted by molar-refractivity contribution is 6.31. The van der Waals surface area contributed by atoms with Gasteiger partial charge in [-0.25, -0.2) is 0 Å². The van der Waals surface area contributed by atoms with E-state index in [0.29, 0.717) is 17.3 Å². The van der Waals surface area contributed by atoms with Crippen molar-refractivity contribution < 1.29 is 9.53 Å². The summed E-state index contributed by atoms with van der Waals surface area (Å²) in [6.07, 6.45) is 2.25. The molecule has 1 aromatic heterocycles. The Morgan fingerprint density at radius 1 is 1.50 bits per heavy atom. The molecule has 5 heteroatoms. The van der Waals surface area contributed by atoms with Crippen LogP contribution in [0.2, 0.25) is 5.02 Å². The number of aromatic nitrogens is 1. The topological polar surface area (TPSA) is 43.3 Å². The predicted molar refractivity (Wildman–Crippen MR) is 79.2 cm³/mol. The maximum atomic E-state index is 12.3. The summed E-state index contributed by atoms with van der Waals surface area (Å²) < 4.78 is 7.39. The van der Waals surface area contributed by atoms with Gasteiger partial charge in [0.1, 0.15) is 5.69 Å². The molecule has 2 aromatic rings. The lowest BCUT2D eigenvalue weighted by atomic mass is 10.2. The van der Waals surface area contributed by atoms with Crippen molar-refractivity contribution in [2.75, 3.05) is 13.2 Å². The summed E-state index contributed by atoms with van der Waals surface area (Å²) in [6, 6.07) is 7.49. The van der Waals surface area contributed by atoms with Crippen molar-refractivity contribution in [3.8, 4) is 0 Å². The Kier molecular flexibility index (Phi) is 3.68. The van der Waals surface area contributed by atoms with Gasteiger partial charge in [0.15, 0.2) is 0 Å². The second-order valence-corrected chi connectivity index (χ2v) is 5.57. The minimum absolute atomic E-state index is 0.0738. The first-order valence-corrected chi connectivity index (χ1v) is 7.18.